The topological polar surface area (TPSA) is 318 Å². The van der Waals surface area contributed by atoms with Crippen molar-refractivity contribution in [2.75, 3.05) is 19.8 Å². The molecule has 10 N–H and O–H groups in total. The van der Waals surface area contributed by atoms with Crippen LogP contribution in [0.4, 0.5) is 0 Å². The Balaban J connectivity index is 1.03. The molecule has 0 amide bonds. The first-order chi connectivity index (χ1) is 32.2. The van der Waals surface area contributed by atoms with Crippen LogP contribution in [0.1, 0.15) is 99.8 Å². The number of carbonyl (C=O) groups is 3. The number of allylic oxidation sites excluding steroid dienone is 1. The molecule has 2 spiro atoms. The van der Waals surface area contributed by atoms with Crippen LogP contribution in [0.25, 0.3) is 0 Å². The normalized spacial score (nSPS) is 54.4. The number of carboxylic acids is 1. The van der Waals surface area contributed by atoms with Crippen LogP contribution in [0.2, 0.25) is 0 Å². The number of rotatable bonds is 9. The van der Waals surface area contributed by atoms with Crippen LogP contribution >= 0.6 is 0 Å². The highest BCUT2D eigenvalue weighted by atomic mass is 16.8. The maximum Gasteiger partial charge on any atom is 0.335 e. The van der Waals surface area contributed by atoms with Crippen LogP contribution in [0.15, 0.2) is 11.6 Å². The van der Waals surface area contributed by atoms with Crippen molar-refractivity contribution in [3.05, 3.63) is 11.6 Å². The molecule has 5 aliphatic carbocycles. The molecule has 5 saturated heterocycles. The minimum atomic E-state index is -2.01. The molecule has 69 heavy (non-hydrogen) atoms. The molecular weight excluding hydrogens is 909 g/mol. The second-order valence-electron chi connectivity index (χ2n) is 23.7. The van der Waals surface area contributed by atoms with Gasteiger partial charge in [-0.3, -0.25) is 9.59 Å². The Hall–Kier alpha value is -2.41. The smallest absolute Gasteiger partial charge is 0.335 e. The third kappa shape index (κ3) is 7.46. The molecule has 0 aromatic rings. The van der Waals surface area contributed by atoms with Crippen LogP contribution in [-0.4, -0.2) is 186 Å². The minimum Gasteiger partial charge on any atom is -0.479 e. The molecule has 9 fully saturated rings. The summed E-state index contributed by atoms with van der Waals surface area (Å²) in [5, 5.41) is 109. The maximum atomic E-state index is 14.6. The van der Waals surface area contributed by atoms with E-state index in [0.29, 0.717) is 44.9 Å². The van der Waals surface area contributed by atoms with Crippen LogP contribution in [0.5, 0.6) is 0 Å². The highest BCUT2D eigenvalue weighted by Gasteiger charge is 2.78. The zero-order valence-electron chi connectivity index (χ0n) is 40.5. The number of hydrogen-bond donors (Lipinski definition) is 10. The van der Waals surface area contributed by atoms with Gasteiger partial charge >= 0.3 is 17.9 Å². The number of aliphatic hydroxyl groups is 9. The quantitative estimate of drug-likeness (QED) is 0.105. The number of ether oxygens (including phenoxy) is 7. The molecule has 4 saturated carbocycles. The first-order valence-electron chi connectivity index (χ1n) is 24.8. The van der Waals surface area contributed by atoms with E-state index >= 15 is 0 Å². The SMILES string of the molecule is CC(=O)OC[C@]1(C)C[C@H]2C3=CC[C@@H]4[C@@]5(C)CC[C@H]([C@@H]6O[C@H](C(=O)O)[C@@H](O)[C@H](O)[C@H]6O[C@@H]6O[C@H](CO)[C@@H](O)[C@H](O)[C@H]6O[C@@H]6OC[C@@H](O)[C@H](O)[C@H]6O)C(C)(C)[C@@H]5CC[C@@]4(C)[C@]34OC(=O)[C@@]2(C[C@@H]1O)C[C@@H]4C. The van der Waals surface area contributed by atoms with E-state index in [4.69, 9.17) is 33.2 Å². The fourth-order valence-corrected chi connectivity index (χ4v) is 16.3. The molecule has 25 atom stereocenters. The molecule has 2 bridgehead atoms. The molecule has 0 unspecified atom stereocenters. The highest BCUT2D eigenvalue weighted by Crippen LogP contribution is 2.77. The lowest BCUT2D eigenvalue weighted by atomic mass is 9.33. The second kappa shape index (κ2) is 17.6. The Morgan fingerprint density at radius 2 is 1.48 bits per heavy atom. The summed E-state index contributed by atoms with van der Waals surface area (Å²) in [6, 6.07) is 0. The van der Waals surface area contributed by atoms with Crippen molar-refractivity contribution in [3.8, 4) is 0 Å². The molecule has 0 aromatic carbocycles. The Labute approximate surface area is 401 Å². The summed E-state index contributed by atoms with van der Waals surface area (Å²) in [7, 11) is 0. The average molecular weight is 983 g/mol. The van der Waals surface area contributed by atoms with E-state index in [0.717, 1.165) is 5.57 Å². The summed E-state index contributed by atoms with van der Waals surface area (Å²) in [6.45, 7) is 12.9. The third-order valence-corrected chi connectivity index (χ3v) is 19.8. The van der Waals surface area contributed by atoms with E-state index in [-0.39, 0.29) is 48.1 Å². The van der Waals surface area contributed by atoms with Crippen molar-refractivity contribution < 1.29 is 98.6 Å². The van der Waals surface area contributed by atoms with Gasteiger partial charge in [-0.25, -0.2) is 4.79 Å². The Morgan fingerprint density at radius 3 is 2.14 bits per heavy atom. The van der Waals surface area contributed by atoms with Crippen molar-refractivity contribution in [3.63, 3.8) is 0 Å². The molecule has 10 rings (SSSR count). The molecule has 0 radical (unpaired) electrons. The summed E-state index contributed by atoms with van der Waals surface area (Å²) in [4.78, 5) is 39.3. The Kier molecular flexibility index (Phi) is 13.2. The van der Waals surface area contributed by atoms with Gasteiger partial charge in [0.1, 0.15) is 66.6 Å². The van der Waals surface area contributed by atoms with Crippen molar-refractivity contribution in [2.24, 2.45) is 56.7 Å². The van der Waals surface area contributed by atoms with Crippen molar-refractivity contribution in [1.82, 2.24) is 0 Å². The molecule has 5 heterocycles. The first-order valence-corrected chi connectivity index (χ1v) is 24.8. The molecule has 390 valence electrons. The predicted octanol–water partition coefficient (Wildman–Crippen LogP) is -0.324. The molecule has 20 heteroatoms. The maximum absolute atomic E-state index is 14.6. The fourth-order valence-electron chi connectivity index (χ4n) is 16.3. The monoisotopic (exact) mass is 982 g/mol. The predicted molar refractivity (Wildman–Crippen MR) is 234 cm³/mol. The van der Waals surface area contributed by atoms with Gasteiger partial charge in [-0.2, -0.15) is 0 Å². The van der Waals surface area contributed by atoms with Gasteiger partial charge in [-0.05, 0) is 85.5 Å². The zero-order chi connectivity index (χ0) is 50.3. The summed E-state index contributed by atoms with van der Waals surface area (Å²) in [6.07, 6.45) is -18.2. The summed E-state index contributed by atoms with van der Waals surface area (Å²) in [5.74, 6) is -3.12. The fraction of sp³-hybridized carbons (Fsp3) is 0.898. The number of aliphatic carboxylic acids is 1. The van der Waals surface area contributed by atoms with Gasteiger partial charge in [0.05, 0.1) is 37.4 Å². The van der Waals surface area contributed by atoms with Gasteiger partial charge in [0, 0.05) is 29.6 Å². The lowest BCUT2D eigenvalue weighted by molar-refractivity contribution is -0.378. The number of esters is 2. The largest absolute Gasteiger partial charge is 0.479 e. The zero-order valence-corrected chi connectivity index (χ0v) is 40.5. The van der Waals surface area contributed by atoms with Gasteiger partial charge in [0.25, 0.3) is 0 Å². The van der Waals surface area contributed by atoms with E-state index in [1.54, 1.807) is 0 Å². The number of carbonyl (C=O) groups excluding carboxylic acids is 2. The molecule has 0 aromatic heterocycles. The van der Waals surface area contributed by atoms with Gasteiger partial charge in [0.15, 0.2) is 18.7 Å². The standard InChI is InChI=1S/C49H74O20/c1-20-14-48-16-29(53)45(5,19-64-21(2)51)15-24(48)22-8-9-28-46(6)12-10-23(44(3,4)27(46)11-13-47(28,7)49(20,22)69-43(48)62)36-37(33(57)34(58)38(66-36)40(60)61)67-42-39(32(56)31(55)26(17-50)65-42)68-41-35(59)30(54)25(52)18-63-41/h8,20,23-39,41-42,50,52-59H,9-19H2,1-7H3,(H,60,61)/t20-,23+,24-,25+,26+,27-,28+,29-,30-,31+,32-,33-,34-,35+,36-,37+,38-,39+,41-,42-,45-,46-,47+,48+,49+/m0/s1. The van der Waals surface area contributed by atoms with E-state index in [1.165, 1.54) is 6.92 Å². The van der Waals surface area contributed by atoms with Crippen molar-refractivity contribution >= 4 is 17.9 Å². The van der Waals surface area contributed by atoms with Gasteiger partial charge in [0.2, 0.25) is 0 Å². The van der Waals surface area contributed by atoms with E-state index in [1.807, 2.05) is 6.92 Å². The number of carboxylic acid groups (broad SMARTS) is 1. The minimum absolute atomic E-state index is 0.00236. The number of aliphatic hydroxyl groups excluding tert-OH is 9. The van der Waals surface area contributed by atoms with Crippen LogP contribution in [0.3, 0.4) is 0 Å². The van der Waals surface area contributed by atoms with Crippen molar-refractivity contribution in [1.29, 1.82) is 0 Å². The Morgan fingerprint density at radius 1 is 0.797 bits per heavy atom. The summed E-state index contributed by atoms with van der Waals surface area (Å²) < 4.78 is 42.4. The molecule has 20 nitrogen and oxygen atoms in total. The molecule has 10 aliphatic rings. The van der Waals surface area contributed by atoms with E-state index < -0.39 is 150 Å². The lowest BCUT2D eigenvalue weighted by Gasteiger charge is -2.75. The van der Waals surface area contributed by atoms with Gasteiger partial charge in [-0.15, -0.1) is 0 Å². The van der Waals surface area contributed by atoms with E-state index in [9.17, 15) is 65.4 Å². The van der Waals surface area contributed by atoms with Crippen molar-refractivity contribution in [2.45, 2.75) is 197 Å². The summed E-state index contributed by atoms with van der Waals surface area (Å²) >= 11 is 0. The number of hydrogen-bond acceptors (Lipinski definition) is 19. The van der Waals surface area contributed by atoms with Crippen LogP contribution in [-0.2, 0) is 47.5 Å². The van der Waals surface area contributed by atoms with E-state index in [2.05, 4.69) is 40.7 Å². The van der Waals surface area contributed by atoms with Gasteiger partial charge in [-0.1, -0.05) is 47.6 Å². The second-order valence-corrected chi connectivity index (χ2v) is 23.7. The lowest BCUT2D eigenvalue weighted by Crippen LogP contribution is -2.76. The molecular formula is C49H74O20. The molecule has 5 aliphatic heterocycles. The summed E-state index contributed by atoms with van der Waals surface area (Å²) in [5.41, 5.74) is -3.11. The van der Waals surface area contributed by atoms with Gasteiger partial charge < -0.3 is 84.2 Å². The highest BCUT2D eigenvalue weighted by molar-refractivity contribution is 5.83. The van der Waals surface area contributed by atoms with Crippen LogP contribution in [0, 0.1) is 56.7 Å². The third-order valence-electron chi connectivity index (χ3n) is 19.8. The number of fused-ring (bicyclic) bond motifs is 5. The first kappa shape index (κ1) is 51.5. The average Bonchev–Trinajstić information content (AvgIpc) is 3.27. The van der Waals surface area contributed by atoms with Crippen LogP contribution < -0.4 is 0 Å². The Bertz CT molecular complexity index is 2030.